The van der Waals surface area contributed by atoms with Gasteiger partial charge in [0.2, 0.25) is 5.91 Å². The highest BCUT2D eigenvalue weighted by Crippen LogP contribution is 2.28. The molecule has 2 rings (SSSR count). The molecule has 2 aromatic rings. The number of amides is 1. The molecule has 0 aliphatic heterocycles. The molecule has 0 bridgehead atoms. The van der Waals surface area contributed by atoms with Crippen molar-refractivity contribution in [1.82, 2.24) is 0 Å². The molecule has 0 aliphatic carbocycles. The molecule has 7 nitrogen and oxygen atoms in total. The molecule has 0 fully saturated rings. The van der Waals surface area contributed by atoms with Crippen molar-refractivity contribution < 1.29 is 29.3 Å². The van der Waals surface area contributed by atoms with Gasteiger partial charge in [-0.3, -0.25) is 4.79 Å². The number of hydrogen-bond donors (Lipinski definition) is 3. The Balaban J connectivity index is 2.03. The smallest absolute Gasteiger partial charge is 0.337 e. The third-order valence-corrected chi connectivity index (χ3v) is 3.60. The maximum atomic E-state index is 12.1. The van der Waals surface area contributed by atoms with E-state index in [1.54, 1.807) is 19.2 Å². The highest BCUT2D eigenvalue weighted by Gasteiger charge is 2.14. The molecule has 0 saturated heterocycles. The van der Waals surface area contributed by atoms with E-state index in [4.69, 9.17) is 14.6 Å². The van der Waals surface area contributed by atoms with Crippen LogP contribution in [0.4, 0.5) is 5.69 Å². The van der Waals surface area contributed by atoms with E-state index >= 15 is 0 Å². The number of hydrogen-bond acceptors (Lipinski definition) is 5. The summed E-state index contributed by atoms with van der Waals surface area (Å²) in [5.41, 5.74) is 0.860. The van der Waals surface area contributed by atoms with Crippen molar-refractivity contribution in [3.63, 3.8) is 0 Å². The first kappa shape index (κ1) is 18.1. The predicted octanol–water partition coefficient (Wildman–Crippen LogP) is 2.68. The summed E-state index contributed by atoms with van der Waals surface area (Å²) in [6.07, 6.45) is 0.613. The van der Waals surface area contributed by atoms with Gasteiger partial charge in [-0.1, -0.05) is 6.07 Å². The summed E-state index contributed by atoms with van der Waals surface area (Å²) in [5.74, 6) is -0.562. The Morgan fingerprint density at radius 2 is 1.76 bits per heavy atom. The Labute approximate surface area is 144 Å². The maximum Gasteiger partial charge on any atom is 0.337 e. The number of carboxylic acid groups (broad SMARTS) is 1. The predicted molar refractivity (Wildman–Crippen MR) is 91.6 cm³/mol. The fourth-order valence-corrected chi connectivity index (χ4v) is 2.32. The number of nitrogens with one attached hydrogen (secondary N) is 1. The van der Waals surface area contributed by atoms with Gasteiger partial charge < -0.3 is 25.0 Å². The number of aryl methyl sites for hydroxylation is 1. The molecule has 0 aromatic heterocycles. The summed E-state index contributed by atoms with van der Waals surface area (Å²) in [4.78, 5) is 23.3. The third-order valence-electron chi connectivity index (χ3n) is 3.60. The molecule has 0 saturated carbocycles. The average molecular weight is 345 g/mol. The lowest BCUT2D eigenvalue weighted by Crippen LogP contribution is -2.15. The zero-order valence-corrected chi connectivity index (χ0v) is 13.9. The van der Waals surface area contributed by atoms with Gasteiger partial charge in [0.15, 0.2) is 11.5 Å². The van der Waals surface area contributed by atoms with Crippen LogP contribution in [-0.4, -0.2) is 36.3 Å². The molecule has 2 aromatic carbocycles. The molecule has 0 heterocycles. The zero-order chi connectivity index (χ0) is 18.4. The first-order valence-corrected chi connectivity index (χ1v) is 7.51. The number of carboxylic acids is 1. The van der Waals surface area contributed by atoms with E-state index in [9.17, 15) is 14.7 Å². The molecule has 0 aliphatic rings. The van der Waals surface area contributed by atoms with Crippen molar-refractivity contribution in [3.8, 4) is 17.2 Å². The van der Waals surface area contributed by atoms with E-state index in [0.29, 0.717) is 17.9 Å². The van der Waals surface area contributed by atoms with Crippen LogP contribution in [0.25, 0.3) is 0 Å². The van der Waals surface area contributed by atoms with Gasteiger partial charge in [-0.2, -0.15) is 0 Å². The van der Waals surface area contributed by atoms with E-state index < -0.39 is 5.97 Å². The van der Waals surface area contributed by atoms with Gasteiger partial charge in [0.25, 0.3) is 0 Å². The van der Waals surface area contributed by atoms with Gasteiger partial charge in [0, 0.05) is 6.42 Å². The summed E-state index contributed by atoms with van der Waals surface area (Å²) in [5, 5.41) is 21.0. The first-order chi connectivity index (χ1) is 11.9. The Kier molecular flexibility index (Phi) is 5.84. The van der Waals surface area contributed by atoms with Crippen LogP contribution in [0.1, 0.15) is 22.3 Å². The fraction of sp³-hybridized carbons (Fsp3) is 0.222. The van der Waals surface area contributed by atoms with Gasteiger partial charge >= 0.3 is 5.97 Å². The number of methoxy groups -OCH3 is 2. The molecule has 3 N–H and O–H groups in total. The minimum absolute atomic E-state index is 0.141. The molecule has 25 heavy (non-hydrogen) atoms. The molecule has 0 spiro atoms. The van der Waals surface area contributed by atoms with Crippen molar-refractivity contribution in [2.45, 2.75) is 12.8 Å². The van der Waals surface area contributed by atoms with Crippen molar-refractivity contribution in [2.75, 3.05) is 19.5 Å². The van der Waals surface area contributed by atoms with Gasteiger partial charge in [-0.25, -0.2) is 4.79 Å². The lowest BCUT2D eigenvalue weighted by Gasteiger charge is -2.11. The number of anilines is 1. The Hall–Kier alpha value is -3.22. The standard InChI is InChI=1S/C18H19NO6/c1-24-15-7-3-11(9-16(15)25-2)4-8-17(21)19-14-6-5-12(20)10-13(14)18(22)23/h3,5-7,9-10,20H,4,8H2,1-2H3,(H,19,21)(H,22,23). The van der Waals surface area contributed by atoms with Gasteiger partial charge in [0.05, 0.1) is 25.5 Å². The number of aromatic carboxylic acids is 1. The van der Waals surface area contributed by atoms with E-state index in [1.165, 1.54) is 19.2 Å². The highest BCUT2D eigenvalue weighted by atomic mass is 16.5. The van der Waals surface area contributed by atoms with E-state index in [2.05, 4.69) is 5.32 Å². The number of ether oxygens (including phenoxy) is 2. The van der Waals surface area contributed by atoms with Crippen molar-refractivity contribution >= 4 is 17.6 Å². The molecular weight excluding hydrogens is 326 g/mol. The number of phenolic OH excluding ortho intramolecular Hbond substituents is 1. The zero-order valence-electron chi connectivity index (χ0n) is 13.9. The maximum absolute atomic E-state index is 12.1. The van der Waals surface area contributed by atoms with Gasteiger partial charge in [-0.05, 0) is 42.3 Å². The number of rotatable bonds is 7. The molecule has 132 valence electrons. The molecule has 0 atom stereocenters. The normalized spacial score (nSPS) is 10.2. The summed E-state index contributed by atoms with van der Waals surface area (Å²) in [6.45, 7) is 0. The number of benzene rings is 2. The third kappa shape index (κ3) is 4.63. The van der Waals surface area contributed by atoms with Crippen LogP contribution in [0.5, 0.6) is 17.2 Å². The molecule has 0 unspecified atom stereocenters. The Bertz CT molecular complexity index is 787. The lowest BCUT2D eigenvalue weighted by atomic mass is 10.1. The van der Waals surface area contributed by atoms with Crippen molar-refractivity contribution in [1.29, 1.82) is 0 Å². The minimum Gasteiger partial charge on any atom is -0.508 e. The second kappa shape index (κ2) is 8.05. The van der Waals surface area contributed by atoms with Crippen molar-refractivity contribution in [3.05, 3.63) is 47.5 Å². The van der Waals surface area contributed by atoms with Crippen LogP contribution in [0.3, 0.4) is 0 Å². The highest BCUT2D eigenvalue weighted by molar-refractivity contribution is 6.00. The van der Waals surface area contributed by atoms with E-state index in [1.807, 2.05) is 6.07 Å². The van der Waals surface area contributed by atoms with E-state index in [0.717, 1.165) is 11.6 Å². The van der Waals surface area contributed by atoms with Crippen LogP contribution < -0.4 is 14.8 Å². The monoisotopic (exact) mass is 345 g/mol. The quantitative estimate of drug-likeness (QED) is 0.666. The SMILES string of the molecule is COc1ccc(CCC(=O)Nc2ccc(O)cc2C(=O)O)cc1OC. The molecule has 0 radical (unpaired) electrons. The van der Waals surface area contributed by atoms with Gasteiger partial charge in [-0.15, -0.1) is 0 Å². The topological polar surface area (TPSA) is 105 Å². The van der Waals surface area contributed by atoms with Crippen LogP contribution in [0.2, 0.25) is 0 Å². The molecule has 7 heteroatoms. The van der Waals surface area contributed by atoms with Crippen LogP contribution in [-0.2, 0) is 11.2 Å². The van der Waals surface area contributed by atoms with Gasteiger partial charge in [0.1, 0.15) is 5.75 Å². The van der Waals surface area contributed by atoms with Crippen LogP contribution in [0.15, 0.2) is 36.4 Å². The Morgan fingerprint density at radius 3 is 2.40 bits per heavy atom. The number of carbonyl (C=O) groups is 2. The number of carbonyl (C=O) groups excluding carboxylic acids is 1. The van der Waals surface area contributed by atoms with Crippen LogP contribution in [0, 0.1) is 0 Å². The second-order valence-electron chi connectivity index (χ2n) is 5.27. The number of phenols is 1. The number of aromatic hydroxyl groups is 1. The fourth-order valence-electron chi connectivity index (χ4n) is 2.32. The minimum atomic E-state index is -1.23. The molecule has 1 amide bonds. The molecular formula is C18H19NO6. The first-order valence-electron chi connectivity index (χ1n) is 7.51. The van der Waals surface area contributed by atoms with Crippen molar-refractivity contribution in [2.24, 2.45) is 0 Å². The summed E-state index contributed by atoms with van der Waals surface area (Å²) in [7, 11) is 3.08. The average Bonchev–Trinajstić information content (AvgIpc) is 2.61. The second-order valence-corrected chi connectivity index (χ2v) is 5.27. The summed E-state index contributed by atoms with van der Waals surface area (Å²) >= 11 is 0. The summed E-state index contributed by atoms with van der Waals surface area (Å²) in [6, 6.07) is 9.14. The lowest BCUT2D eigenvalue weighted by molar-refractivity contribution is -0.116. The largest absolute Gasteiger partial charge is 0.508 e. The summed E-state index contributed by atoms with van der Waals surface area (Å²) < 4.78 is 10.4. The van der Waals surface area contributed by atoms with Crippen LogP contribution >= 0.6 is 0 Å². The Morgan fingerprint density at radius 1 is 1.04 bits per heavy atom. The van der Waals surface area contributed by atoms with E-state index in [-0.39, 0.29) is 29.3 Å².